The number of ether oxygens (including phenoxy) is 1. The van der Waals surface area contributed by atoms with Gasteiger partial charge in [0.25, 0.3) is 5.88 Å². The molecule has 2 rings (SSSR count). The number of nitrogens with two attached hydrogens (primary N) is 1. The van der Waals surface area contributed by atoms with Crippen LogP contribution in [0, 0.1) is 0 Å². The minimum absolute atomic E-state index is 0.0570. The SMILES string of the molecule is CC(Oc1nn(C)cc1N)c1ccccc1. The van der Waals surface area contributed by atoms with Crippen molar-refractivity contribution in [2.75, 3.05) is 5.73 Å². The highest BCUT2D eigenvalue weighted by molar-refractivity contribution is 5.46. The van der Waals surface area contributed by atoms with E-state index in [1.165, 1.54) is 0 Å². The second-order valence-electron chi connectivity index (χ2n) is 3.73. The molecule has 2 aromatic rings. The van der Waals surface area contributed by atoms with Gasteiger partial charge in [0, 0.05) is 7.05 Å². The molecule has 0 fully saturated rings. The summed E-state index contributed by atoms with van der Waals surface area (Å²) in [6, 6.07) is 9.98. The lowest BCUT2D eigenvalue weighted by Gasteiger charge is -2.13. The summed E-state index contributed by atoms with van der Waals surface area (Å²) in [4.78, 5) is 0. The van der Waals surface area contributed by atoms with Crippen molar-refractivity contribution in [3.05, 3.63) is 42.1 Å². The first-order valence-corrected chi connectivity index (χ1v) is 5.17. The first kappa shape index (κ1) is 10.5. The van der Waals surface area contributed by atoms with Crippen molar-refractivity contribution in [1.82, 2.24) is 9.78 Å². The fourth-order valence-corrected chi connectivity index (χ4v) is 1.54. The van der Waals surface area contributed by atoms with Crippen LogP contribution in [0.15, 0.2) is 36.5 Å². The van der Waals surface area contributed by atoms with Crippen LogP contribution < -0.4 is 10.5 Å². The third-order valence-corrected chi connectivity index (χ3v) is 2.38. The van der Waals surface area contributed by atoms with Gasteiger partial charge >= 0.3 is 0 Å². The van der Waals surface area contributed by atoms with Crippen LogP contribution in [0.2, 0.25) is 0 Å². The maximum absolute atomic E-state index is 5.76. The molecule has 0 saturated heterocycles. The van der Waals surface area contributed by atoms with Crippen molar-refractivity contribution < 1.29 is 4.74 Å². The van der Waals surface area contributed by atoms with Crippen LogP contribution in [-0.2, 0) is 7.05 Å². The maximum atomic E-state index is 5.76. The summed E-state index contributed by atoms with van der Waals surface area (Å²) < 4.78 is 7.34. The van der Waals surface area contributed by atoms with Crippen LogP contribution in [0.25, 0.3) is 0 Å². The van der Waals surface area contributed by atoms with Gasteiger partial charge in [0.1, 0.15) is 11.8 Å². The monoisotopic (exact) mass is 217 g/mol. The number of aryl methyl sites for hydroxylation is 1. The summed E-state index contributed by atoms with van der Waals surface area (Å²) in [5.74, 6) is 0.485. The number of rotatable bonds is 3. The van der Waals surface area contributed by atoms with Crippen molar-refractivity contribution in [3.8, 4) is 5.88 Å². The number of nitrogen functional groups attached to an aromatic ring is 1. The van der Waals surface area contributed by atoms with Crippen LogP contribution >= 0.6 is 0 Å². The van der Waals surface area contributed by atoms with Crippen molar-refractivity contribution in [2.45, 2.75) is 13.0 Å². The van der Waals surface area contributed by atoms with Crippen LogP contribution in [-0.4, -0.2) is 9.78 Å². The average Bonchev–Trinajstić information content (AvgIpc) is 2.59. The lowest BCUT2D eigenvalue weighted by Crippen LogP contribution is -2.04. The average molecular weight is 217 g/mol. The first-order chi connectivity index (χ1) is 7.66. The van der Waals surface area contributed by atoms with E-state index in [0.29, 0.717) is 11.6 Å². The Morgan fingerprint density at radius 3 is 2.56 bits per heavy atom. The van der Waals surface area contributed by atoms with Gasteiger partial charge in [-0.2, -0.15) is 0 Å². The van der Waals surface area contributed by atoms with E-state index < -0.39 is 0 Å². The van der Waals surface area contributed by atoms with Gasteiger partial charge in [-0.15, -0.1) is 5.10 Å². The number of aromatic nitrogens is 2. The molecule has 0 radical (unpaired) electrons. The van der Waals surface area contributed by atoms with Gasteiger partial charge in [0.15, 0.2) is 0 Å². The van der Waals surface area contributed by atoms with Gasteiger partial charge in [-0.1, -0.05) is 30.3 Å². The van der Waals surface area contributed by atoms with Crippen molar-refractivity contribution in [3.63, 3.8) is 0 Å². The summed E-state index contributed by atoms with van der Waals surface area (Å²) in [6.45, 7) is 1.98. The molecule has 0 saturated carbocycles. The molecular formula is C12H15N3O. The molecular weight excluding hydrogens is 202 g/mol. The molecule has 0 aliphatic rings. The Kier molecular flexibility index (Phi) is 2.81. The molecule has 0 aliphatic carbocycles. The van der Waals surface area contributed by atoms with Gasteiger partial charge in [0.2, 0.25) is 0 Å². The van der Waals surface area contributed by atoms with E-state index in [9.17, 15) is 0 Å². The fourth-order valence-electron chi connectivity index (χ4n) is 1.54. The highest BCUT2D eigenvalue weighted by atomic mass is 16.5. The standard InChI is InChI=1S/C12H15N3O/c1-9(10-6-4-3-5-7-10)16-12-11(13)8-15(2)14-12/h3-9H,13H2,1-2H3. The summed E-state index contributed by atoms with van der Waals surface area (Å²) in [6.07, 6.45) is 1.67. The van der Waals surface area contributed by atoms with E-state index in [4.69, 9.17) is 10.5 Å². The Morgan fingerprint density at radius 1 is 1.31 bits per heavy atom. The number of hydrogen-bond donors (Lipinski definition) is 1. The minimum Gasteiger partial charge on any atom is -0.467 e. The molecule has 0 spiro atoms. The minimum atomic E-state index is -0.0570. The van der Waals surface area contributed by atoms with E-state index >= 15 is 0 Å². The Balaban J connectivity index is 2.14. The third kappa shape index (κ3) is 2.16. The number of benzene rings is 1. The molecule has 4 nitrogen and oxygen atoms in total. The first-order valence-electron chi connectivity index (χ1n) is 5.17. The topological polar surface area (TPSA) is 53.1 Å². The summed E-state index contributed by atoms with van der Waals surface area (Å²) >= 11 is 0. The number of hydrogen-bond acceptors (Lipinski definition) is 3. The molecule has 1 atom stereocenters. The Labute approximate surface area is 94.6 Å². The van der Waals surface area contributed by atoms with Gasteiger partial charge < -0.3 is 10.5 Å². The van der Waals surface area contributed by atoms with Crippen LogP contribution in [0.1, 0.15) is 18.6 Å². The third-order valence-electron chi connectivity index (χ3n) is 2.38. The largest absolute Gasteiger partial charge is 0.467 e. The number of nitrogens with zero attached hydrogens (tertiary/aromatic N) is 2. The maximum Gasteiger partial charge on any atom is 0.256 e. The van der Waals surface area contributed by atoms with Crippen LogP contribution in [0.3, 0.4) is 0 Å². The lowest BCUT2D eigenvalue weighted by molar-refractivity contribution is 0.217. The molecule has 2 N–H and O–H groups in total. The molecule has 16 heavy (non-hydrogen) atoms. The Morgan fingerprint density at radius 2 is 2.00 bits per heavy atom. The van der Waals surface area contributed by atoms with Crippen molar-refractivity contribution >= 4 is 5.69 Å². The molecule has 1 aromatic heterocycles. The van der Waals surface area contributed by atoms with E-state index in [-0.39, 0.29) is 6.10 Å². The zero-order chi connectivity index (χ0) is 11.5. The Hall–Kier alpha value is -1.97. The molecule has 0 aliphatic heterocycles. The molecule has 1 aromatic carbocycles. The summed E-state index contributed by atoms with van der Waals surface area (Å²) in [5, 5.41) is 4.15. The van der Waals surface area contributed by atoms with Crippen LogP contribution in [0.4, 0.5) is 5.69 Å². The summed E-state index contributed by atoms with van der Waals surface area (Å²) in [7, 11) is 1.82. The highest BCUT2D eigenvalue weighted by Crippen LogP contribution is 2.24. The Bertz CT molecular complexity index is 464. The zero-order valence-corrected chi connectivity index (χ0v) is 9.42. The van der Waals surface area contributed by atoms with Gasteiger partial charge in [-0.25, -0.2) is 0 Å². The smallest absolute Gasteiger partial charge is 0.256 e. The van der Waals surface area contributed by atoms with Gasteiger partial charge in [-0.05, 0) is 12.5 Å². The second kappa shape index (κ2) is 4.26. The van der Waals surface area contributed by atoms with E-state index in [2.05, 4.69) is 5.10 Å². The van der Waals surface area contributed by atoms with Crippen LogP contribution in [0.5, 0.6) is 5.88 Å². The molecule has 0 bridgehead atoms. The predicted octanol–water partition coefficient (Wildman–Crippen LogP) is 2.14. The van der Waals surface area contributed by atoms with E-state index in [1.807, 2.05) is 44.3 Å². The second-order valence-corrected chi connectivity index (χ2v) is 3.73. The van der Waals surface area contributed by atoms with Gasteiger partial charge in [-0.3, -0.25) is 4.68 Å². The number of anilines is 1. The zero-order valence-electron chi connectivity index (χ0n) is 9.42. The van der Waals surface area contributed by atoms with E-state index in [1.54, 1.807) is 10.9 Å². The normalized spacial score (nSPS) is 12.4. The molecule has 0 amide bonds. The van der Waals surface area contributed by atoms with E-state index in [0.717, 1.165) is 5.56 Å². The quantitative estimate of drug-likeness (QED) is 0.857. The lowest BCUT2D eigenvalue weighted by atomic mass is 10.1. The van der Waals surface area contributed by atoms with Crippen molar-refractivity contribution in [1.29, 1.82) is 0 Å². The van der Waals surface area contributed by atoms with Crippen molar-refractivity contribution in [2.24, 2.45) is 7.05 Å². The molecule has 1 unspecified atom stereocenters. The highest BCUT2D eigenvalue weighted by Gasteiger charge is 2.11. The fraction of sp³-hybridized carbons (Fsp3) is 0.250. The predicted molar refractivity (Wildman–Crippen MR) is 63.1 cm³/mol. The molecule has 4 heteroatoms. The molecule has 84 valence electrons. The summed E-state index contributed by atoms with van der Waals surface area (Å²) in [5.41, 5.74) is 7.42. The molecule has 1 heterocycles. The van der Waals surface area contributed by atoms with Gasteiger partial charge in [0.05, 0.1) is 6.20 Å².